The van der Waals surface area contributed by atoms with Crippen LogP contribution in [0.15, 0.2) is 16.7 Å². The van der Waals surface area contributed by atoms with E-state index in [2.05, 4.69) is 10.5 Å². The Kier molecular flexibility index (Phi) is 4.40. The van der Waals surface area contributed by atoms with Gasteiger partial charge in [0.15, 0.2) is 11.5 Å². The van der Waals surface area contributed by atoms with Crippen molar-refractivity contribution in [1.82, 2.24) is 10.5 Å². The van der Waals surface area contributed by atoms with Crippen LogP contribution in [0.4, 0.5) is 0 Å². The molecule has 0 unspecified atom stereocenters. The van der Waals surface area contributed by atoms with Crippen LogP contribution in [0.25, 0.3) is 11.3 Å². The predicted octanol–water partition coefficient (Wildman–Crippen LogP) is 2.84. The second-order valence-corrected chi connectivity index (χ2v) is 5.92. The lowest BCUT2D eigenvalue weighted by Gasteiger charge is -2.11. The van der Waals surface area contributed by atoms with Gasteiger partial charge in [-0.3, -0.25) is 4.79 Å². The molecule has 1 amide bonds. The molecule has 2 rings (SSSR count). The van der Waals surface area contributed by atoms with Gasteiger partial charge in [-0.05, 0) is 40.1 Å². The molecule has 0 aliphatic heterocycles. The van der Waals surface area contributed by atoms with E-state index in [1.807, 2.05) is 36.4 Å². The third kappa shape index (κ3) is 2.82. The molecule has 1 aromatic carbocycles. The summed E-state index contributed by atoms with van der Waals surface area (Å²) in [6, 6.07) is 2.91. The summed E-state index contributed by atoms with van der Waals surface area (Å²) >= 11 is 1.94. The molecule has 6 nitrogen and oxygen atoms in total. The zero-order valence-electron chi connectivity index (χ0n) is 11.8. The topological polar surface area (TPSA) is 95.6 Å². The van der Waals surface area contributed by atoms with Crippen molar-refractivity contribution in [1.29, 1.82) is 0 Å². The molecule has 3 N–H and O–H groups in total. The third-order valence-electron chi connectivity index (χ3n) is 3.09. The average molecular weight is 402 g/mol. The van der Waals surface area contributed by atoms with Crippen LogP contribution in [-0.2, 0) is 0 Å². The monoisotopic (exact) mass is 402 g/mol. The van der Waals surface area contributed by atoms with E-state index in [9.17, 15) is 15.0 Å². The summed E-state index contributed by atoms with van der Waals surface area (Å²) in [7, 11) is 1.50. The summed E-state index contributed by atoms with van der Waals surface area (Å²) in [5.41, 5.74) is 1.23. The predicted molar refractivity (Wildman–Crippen MR) is 85.5 cm³/mol. The first-order chi connectivity index (χ1) is 9.86. The molecule has 0 aliphatic rings. The molecule has 0 saturated carbocycles. The highest BCUT2D eigenvalue weighted by molar-refractivity contribution is 14.1. The van der Waals surface area contributed by atoms with Crippen LogP contribution in [0.3, 0.4) is 0 Å². The van der Waals surface area contributed by atoms with Gasteiger partial charge in [-0.15, -0.1) is 0 Å². The number of phenols is 2. The third-order valence-corrected chi connectivity index (χ3v) is 4.09. The number of carbonyl (C=O) groups is 1. The fourth-order valence-corrected chi connectivity index (χ4v) is 2.68. The molecule has 0 bridgehead atoms. The Morgan fingerprint density at radius 1 is 1.33 bits per heavy atom. The number of hydrogen-bond donors (Lipinski definition) is 3. The van der Waals surface area contributed by atoms with E-state index in [1.165, 1.54) is 13.1 Å². The highest BCUT2D eigenvalue weighted by Gasteiger charge is 2.23. The highest BCUT2D eigenvalue weighted by Crippen LogP contribution is 2.40. The van der Waals surface area contributed by atoms with Gasteiger partial charge in [-0.25, -0.2) is 0 Å². The first-order valence-electron chi connectivity index (χ1n) is 6.30. The maximum absolute atomic E-state index is 11.7. The largest absolute Gasteiger partial charge is 0.508 e. The van der Waals surface area contributed by atoms with Crippen molar-refractivity contribution in [2.75, 3.05) is 7.05 Å². The number of aromatic hydroxyl groups is 2. The van der Waals surface area contributed by atoms with Crippen molar-refractivity contribution < 1.29 is 19.5 Å². The Balaban J connectivity index is 2.60. The van der Waals surface area contributed by atoms with Crippen molar-refractivity contribution in [3.8, 4) is 22.8 Å². The Morgan fingerprint density at radius 2 is 2.00 bits per heavy atom. The van der Waals surface area contributed by atoms with E-state index < -0.39 is 0 Å². The van der Waals surface area contributed by atoms with E-state index in [4.69, 9.17) is 4.52 Å². The number of amides is 1. The molecule has 0 saturated heterocycles. The summed E-state index contributed by atoms with van der Waals surface area (Å²) < 4.78 is 5.70. The van der Waals surface area contributed by atoms with Gasteiger partial charge < -0.3 is 20.1 Å². The number of aromatic nitrogens is 1. The van der Waals surface area contributed by atoms with Crippen LogP contribution < -0.4 is 5.32 Å². The normalized spacial score (nSPS) is 10.9. The van der Waals surface area contributed by atoms with Gasteiger partial charge in [0.2, 0.25) is 0 Å². The second-order valence-electron chi connectivity index (χ2n) is 4.84. The van der Waals surface area contributed by atoms with E-state index in [0.29, 0.717) is 20.5 Å². The molecular weight excluding hydrogens is 387 g/mol. The van der Waals surface area contributed by atoms with Gasteiger partial charge >= 0.3 is 0 Å². The van der Waals surface area contributed by atoms with Crippen molar-refractivity contribution in [3.63, 3.8) is 0 Å². The highest BCUT2D eigenvalue weighted by atomic mass is 127. The first-order valence-corrected chi connectivity index (χ1v) is 7.38. The summed E-state index contributed by atoms with van der Waals surface area (Å²) in [4.78, 5) is 11.7. The number of halogens is 1. The van der Waals surface area contributed by atoms with Crippen LogP contribution in [-0.4, -0.2) is 28.3 Å². The molecule has 112 valence electrons. The number of benzene rings is 1. The van der Waals surface area contributed by atoms with Gasteiger partial charge in [0, 0.05) is 13.1 Å². The van der Waals surface area contributed by atoms with E-state index in [-0.39, 0.29) is 29.0 Å². The molecule has 2 aromatic rings. The lowest BCUT2D eigenvalue weighted by atomic mass is 9.98. The van der Waals surface area contributed by atoms with Crippen LogP contribution >= 0.6 is 22.6 Å². The van der Waals surface area contributed by atoms with Gasteiger partial charge in [0.05, 0.1) is 9.13 Å². The fourth-order valence-electron chi connectivity index (χ4n) is 1.94. The van der Waals surface area contributed by atoms with Gasteiger partial charge in [-0.1, -0.05) is 19.0 Å². The molecule has 0 radical (unpaired) electrons. The number of carbonyl (C=O) groups excluding carboxylic acids is 1. The number of phenolic OH excluding ortho intramolecular Hbond substituents is 2. The van der Waals surface area contributed by atoms with Crippen LogP contribution in [0.2, 0.25) is 0 Å². The summed E-state index contributed by atoms with van der Waals surface area (Å²) in [5.74, 6) is -0.101. The summed E-state index contributed by atoms with van der Waals surface area (Å²) in [6.07, 6.45) is 0. The standard InChI is InChI=1S/C14H15IN2O4/c1-6(2)7-4-8(10(19)5-9(7)18)13-11(15)12(17-21-13)14(20)16-3/h4-6,18-19H,1-3H3,(H,16,20). The first kappa shape index (κ1) is 15.6. The second kappa shape index (κ2) is 5.92. The zero-order valence-corrected chi connectivity index (χ0v) is 13.9. The van der Waals surface area contributed by atoms with E-state index in [1.54, 1.807) is 6.07 Å². The van der Waals surface area contributed by atoms with Gasteiger partial charge in [0.1, 0.15) is 11.5 Å². The minimum atomic E-state index is -0.364. The molecule has 7 heteroatoms. The van der Waals surface area contributed by atoms with Crippen molar-refractivity contribution in [2.24, 2.45) is 0 Å². The zero-order chi connectivity index (χ0) is 15.7. The van der Waals surface area contributed by atoms with Crippen LogP contribution in [0.1, 0.15) is 35.8 Å². The molecule has 0 fully saturated rings. The average Bonchev–Trinajstić information content (AvgIpc) is 2.79. The molecule has 0 aliphatic carbocycles. The van der Waals surface area contributed by atoms with Crippen molar-refractivity contribution in [3.05, 3.63) is 27.0 Å². The van der Waals surface area contributed by atoms with E-state index >= 15 is 0 Å². The maximum Gasteiger partial charge on any atom is 0.274 e. The van der Waals surface area contributed by atoms with Crippen molar-refractivity contribution in [2.45, 2.75) is 19.8 Å². The lowest BCUT2D eigenvalue weighted by molar-refractivity contribution is 0.0953. The molecular formula is C14H15IN2O4. The molecule has 1 heterocycles. The molecule has 1 aromatic heterocycles. The Labute approximate surface area is 135 Å². The van der Waals surface area contributed by atoms with Crippen LogP contribution in [0.5, 0.6) is 11.5 Å². The van der Waals surface area contributed by atoms with E-state index in [0.717, 1.165) is 0 Å². The number of hydrogen-bond acceptors (Lipinski definition) is 5. The Bertz CT molecular complexity index is 695. The quantitative estimate of drug-likeness (QED) is 0.687. The SMILES string of the molecule is CNC(=O)c1noc(-c2cc(C(C)C)c(O)cc2O)c1I. The molecule has 0 atom stereocenters. The smallest absolute Gasteiger partial charge is 0.274 e. The fraction of sp³-hybridized carbons (Fsp3) is 0.286. The number of rotatable bonds is 3. The van der Waals surface area contributed by atoms with Gasteiger partial charge in [-0.2, -0.15) is 0 Å². The molecule has 21 heavy (non-hydrogen) atoms. The molecule has 0 spiro atoms. The summed E-state index contributed by atoms with van der Waals surface area (Å²) in [6.45, 7) is 3.86. The Hall–Kier alpha value is -1.77. The minimum absolute atomic E-state index is 0.0206. The lowest BCUT2D eigenvalue weighted by Crippen LogP contribution is -2.19. The summed E-state index contributed by atoms with van der Waals surface area (Å²) in [5, 5.41) is 26.1. The van der Waals surface area contributed by atoms with Gasteiger partial charge in [0.25, 0.3) is 5.91 Å². The number of nitrogens with zero attached hydrogens (tertiary/aromatic N) is 1. The van der Waals surface area contributed by atoms with Crippen molar-refractivity contribution >= 4 is 28.5 Å². The number of nitrogens with one attached hydrogen (secondary N) is 1. The Morgan fingerprint density at radius 3 is 2.57 bits per heavy atom. The van der Waals surface area contributed by atoms with Crippen LogP contribution in [0, 0.1) is 3.57 Å². The minimum Gasteiger partial charge on any atom is -0.508 e. The maximum atomic E-state index is 11.7.